The highest BCUT2D eigenvalue weighted by Gasteiger charge is 2.21. The van der Waals surface area contributed by atoms with Crippen molar-refractivity contribution in [3.8, 4) is 0 Å². The average Bonchev–Trinajstić information content (AvgIpc) is 2.51. The van der Waals surface area contributed by atoms with Crippen molar-refractivity contribution in [2.45, 2.75) is 39.5 Å². The lowest BCUT2D eigenvalue weighted by molar-refractivity contribution is -0.138. The number of carboxylic acids is 1. The fourth-order valence-electron chi connectivity index (χ4n) is 2.05. The first-order valence-electron chi connectivity index (χ1n) is 8.04. The molecule has 6 nitrogen and oxygen atoms in total. The Bertz CT molecular complexity index is 564. The first kappa shape index (κ1) is 19.7. The van der Waals surface area contributed by atoms with Crippen molar-refractivity contribution in [3.05, 3.63) is 35.9 Å². The van der Waals surface area contributed by atoms with E-state index in [0.717, 1.165) is 0 Å². The fraction of sp³-hybridized carbons (Fsp3) is 0.500. The van der Waals surface area contributed by atoms with Gasteiger partial charge in [-0.25, -0.2) is 0 Å². The van der Waals surface area contributed by atoms with Crippen LogP contribution in [-0.4, -0.2) is 36.0 Å². The topological polar surface area (TPSA) is 95.5 Å². The van der Waals surface area contributed by atoms with E-state index >= 15 is 0 Å². The van der Waals surface area contributed by atoms with Crippen LogP contribution in [0.1, 0.15) is 45.1 Å². The van der Waals surface area contributed by atoms with E-state index in [1.807, 2.05) is 26.8 Å². The molecule has 0 heterocycles. The molecule has 1 rings (SSSR count). The van der Waals surface area contributed by atoms with Crippen LogP contribution in [-0.2, 0) is 14.4 Å². The smallest absolute Gasteiger partial charge is 0.312 e. The van der Waals surface area contributed by atoms with Gasteiger partial charge in [0, 0.05) is 24.9 Å². The average molecular weight is 334 g/mol. The molecule has 1 atom stereocenters. The Morgan fingerprint density at radius 3 is 2.25 bits per heavy atom. The Morgan fingerprint density at radius 1 is 1.08 bits per heavy atom. The molecule has 6 heteroatoms. The Morgan fingerprint density at radius 2 is 1.71 bits per heavy atom. The quantitative estimate of drug-likeness (QED) is 0.633. The number of carboxylic acid groups (broad SMARTS) is 1. The van der Waals surface area contributed by atoms with Gasteiger partial charge >= 0.3 is 5.97 Å². The summed E-state index contributed by atoms with van der Waals surface area (Å²) in [6.07, 6.45) is 0.752. The van der Waals surface area contributed by atoms with E-state index < -0.39 is 17.3 Å². The fourth-order valence-corrected chi connectivity index (χ4v) is 2.05. The Balaban J connectivity index is 2.35. The largest absolute Gasteiger partial charge is 0.481 e. The molecular weight excluding hydrogens is 308 g/mol. The second-order valence-electron chi connectivity index (χ2n) is 6.72. The number of aliphatic carboxylic acids is 1. The predicted octanol–water partition coefficient (Wildman–Crippen LogP) is 1.91. The first-order chi connectivity index (χ1) is 11.2. The monoisotopic (exact) mass is 334 g/mol. The summed E-state index contributed by atoms with van der Waals surface area (Å²) in [5.41, 5.74) is 0.204. The van der Waals surface area contributed by atoms with Gasteiger partial charge in [-0.15, -0.1) is 0 Å². The number of amides is 2. The summed E-state index contributed by atoms with van der Waals surface area (Å²) in [6.45, 7) is 5.94. The van der Waals surface area contributed by atoms with E-state index in [1.54, 1.807) is 24.3 Å². The lowest BCUT2D eigenvalue weighted by Gasteiger charge is -2.17. The van der Waals surface area contributed by atoms with E-state index in [2.05, 4.69) is 10.6 Å². The molecular formula is C18H26N2O4. The van der Waals surface area contributed by atoms with Gasteiger partial charge in [0.1, 0.15) is 0 Å². The maximum Gasteiger partial charge on any atom is 0.312 e. The van der Waals surface area contributed by atoms with Crippen molar-refractivity contribution >= 4 is 17.8 Å². The minimum absolute atomic E-state index is 0.0481. The maximum absolute atomic E-state index is 11.8. The normalized spacial score (nSPS) is 12.3. The van der Waals surface area contributed by atoms with Gasteiger partial charge in [-0.1, -0.05) is 51.1 Å². The SMILES string of the molecule is CC(C)(C)C(=O)NCCCC(=O)NCC(C(=O)O)c1ccccc1. The van der Waals surface area contributed by atoms with E-state index in [9.17, 15) is 19.5 Å². The zero-order valence-electron chi connectivity index (χ0n) is 14.5. The molecule has 0 radical (unpaired) electrons. The lowest BCUT2D eigenvalue weighted by atomic mass is 9.96. The Kier molecular flexibility index (Phi) is 7.42. The minimum Gasteiger partial charge on any atom is -0.481 e. The van der Waals surface area contributed by atoms with E-state index in [-0.39, 0.29) is 24.8 Å². The van der Waals surface area contributed by atoms with Crippen LogP contribution in [0.25, 0.3) is 0 Å². The van der Waals surface area contributed by atoms with Gasteiger partial charge in [0.2, 0.25) is 11.8 Å². The highest BCUT2D eigenvalue weighted by Crippen LogP contribution is 2.15. The lowest BCUT2D eigenvalue weighted by Crippen LogP contribution is -2.36. The van der Waals surface area contributed by atoms with Gasteiger partial charge in [-0.3, -0.25) is 14.4 Å². The van der Waals surface area contributed by atoms with Gasteiger partial charge in [0.15, 0.2) is 0 Å². The predicted molar refractivity (Wildman–Crippen MR) is 91.5 cm³/mol. The highest BCUT2D eigenvalue weighted by atomic mass is 16.4. The summed E-state index contributed by atoms with van der Waals surface area (Å²) in [5.74, 6) is -2.02. The molecule has 1 aromatic carbocycles. The standard InChI is InChI=1S/C18H26N2O4/c1-18(2,3)17(24)19-11-7-10-15(21)20-12-14(16(22)23)13-8-5-4-6-9-13/h4-6,8-9,14H,7,10-12H2,1-3H3,(H,19,24)(H,20,21)(H,22,23). The van der Waals surface area contributed by atoms with Crippen LogP contribution < -0.4 is 10.6 Å². The van der Waals surface area contributed by atoms with Crippen molar-refractivity contribution in [1.29, 1.82) is 0 Å². The van der Waals surface area contributed by atoms with Crippen LogP contribution in [0.5, 0.6) is 0 Å². The van der Waals surface area contributed by atoms with Crippen molar-refractivity contribution in [1.82, 2.24) is 10.6 Å². The molecule has 0 bridgehead atoms. The molecule has 2 amide bonds. The van der Waals surface area contributed by atoms with Gasteiger partial charge < -0.3 is 15.7 Å². The minimum atomic E-state index is -0.973. The molecule has 0 saturated carbocycles. The number of carbonyl (C=O) groups excluding carboxylic acids is 2. The van der Waals surface area contributed by atoms with Crippen LogP contribution in [0.15, 0.2) is 30.3 Å². The van der Waals surface area contributed by atoms with E-state index in [0.29, 0.717) is 18.5 Å². The van der Waals surface area contributed by atoms with Crippen molar-refractivity contribution < 1.29 is 19.5 Å². The number of nitrogens with one attached hydrogen (secondary N) is 2. The molecule has 0 aliphatic rings. The number of benzene rings is 1. The number of hydrogen-bond acceptors (Lipinski definition) is 3. The first-order valence-corrected chi connectivity index (χ1v) is 8.04. The van der Waals surface area contributed by atoms with E-state index in [4.69, 9.17) is 0 Å². The summed E-state index contributed by atoms with van der Waals surface area (Å²) in [4.78, 5) is 34.8. The molecule has 3 N–H and O–H groups in total. The molecule has 132 valence electrons. The summed E-state index contributed by atoms with van der Waals surface area (Å²) in [5, 5.41) is 14.7. The third kappa shape index (κ3) is 6.81. The number of hydrogen-bond donors (Lipinski definition) is 3. The van der Waals surface area contributed by atoms with Crippen LogP contribution in [0, 0.1) is 5.41 Å². The third-order valence-electron chi connectivity index (χ3n) is 3.55. The molecule has 0 saturated heterocycles. The second-order valence-corrected chi connectivity index (χ2v) is 6.72. The summed E-state index contributed by atoms with van der Waals surface area (Å²) in [7, 11) is 0. The van der Waals surface area contributed by atoms with Gasteiger partial charge in [-0.2, -0.15) is 0 Å². The third-order valence-corrected chi connectivity index (χ3v) is 3.55. The van der Waals surface area contributed by atoms with Crippen LogP contribution >= 0.6 is 0 Å². The molecule has 0 aliphatic carbocycles. The molecule has 24 heavy (non-hydrogen) atoms. The van der Waals surface area contributed by atoms with Crippen LogP contribution in [0.2, 0.25) is 0 Å². The molecule has 0 fully saturated rings. The van der Waals surface area contributed by atoms with Crippen molar-refractivity contribution in [2.24, 2.45) is 5.41 Å². The summed E-state index contributed by atoms with van der Waals surface area (Å²) >= 11 is 0. The summed E-state index contributed by atoms with van der Waals surface area (Å²) in [6, 6.07) is 8.81. The second kappa shape index (κ2) is 9.05. The van der Waals surface area contributed by atoms with Crippen molar-refractivity contribution in [3.63, 3.8) is 0 Å². The van der Waals surface area contributed by atoms with Crippen LogP contribution in [0.4, 0.5) is 0 Å². The number of carbonyl (C=O) groups is 3. The van der Waals surface area contributed by atoms with Crippen molar-refractivity contribution in [2.75, 3.05) is 13.1 Å². The molecule has 1 unspecified atom stereocenters. The zero-order valence-corrected chi connectivity index (χ0v) is 14.5. The molecule has 0 aromatic heterocycles. The Hall–Kier alpha value is -2.37. The molecule has 0 spiro atoms. The van der Waals surface area contributed by atoms with Gasteiger partial charge in [0.25, 0.3) is 0 Å². The molecule has 1 aromatic rings. The van der Waals surface area contributed by atoms with Crippen LogP contribution in [0.3, 0.4) is 0 Å². The Labute approximate surface area is 142 Å². The van der Waals surface area contributed by atoms with Gasteiger partial charge in [-0.05, 0) is 12.0 Å². The van der Waals surface area contributed by atoms with E-state index in [1.165, 1.54) is 0 Å². The zero-order chi connectivity index (χ0) is 18.2. The molecule has 0 aliphatic heterocycles. The summed E-state index contributed by atoms with van der Waals surface area (Å²) < 4.78 is 0. The highest BCUT2D eigenvalue weighted by molar-refractivity contribution is 5.81. The number of rotatable bonds is 8. The van der Waals surface area contributed by atoms with Gasteiger partial charge in [0.05, 0.1) is 5.92 Å². The maximum atomic E-state index is 11.8.